The third-order valence-corrected chi connectivity index (χ3v) is 8.11. The standard InChI is InChI=1S/C27H25B2NO8/c31-13-14-10-21-24(27(34)30(26(21)33)16-5-3-4-15(11-16)28(35)36)20-12-23(38-29(37)25(14)20)19-8-9-22(32)18-7-2-1-6-17(18)19/h1-9,11,20-21,23-24,31-32,35-37H,10,12-13H2/t20-,21-,23-,24+/m0/s1. The lowest BCUT2D eigenvalue weighted by Gasteiger charge is -2.42. The number of carbonyl (C=O) groups excluding carboxylic acids is 2. The summed E-state index contributed by atoms with van der Waals surface area (Å²) in [4.78, 5) is 28.5. The SMILES string of the molecule is O=C1[C@H]2[C@H](CC(CO)=C3B(O)O[C@H](c4ccc(O)c5ccccc45)C[C@H]32)C(=O)N1c1cccc(B(O)O)c1. The second-order valence-electron chi connectivity index (χ2n) is 10.1. The van der Waals surface area contributed by atoms with Crippen LogP contribution in [0.15, 0.2) is 71.7 Å². The molecule has 1 aliphatic carbocycles. The van der Waals surface area contributed by atoms with Gasteiger partial charge in [0.2, 0.25) is 11.8 Å². The van der Waals surface area contributed by atoms with Crippen molar-refractivity contribution in [2.24, 2.45) is 17.8 Å². The second kappa shape index (κ2) is 9.37. The van der Waals surface area contributed by atoms with Gasteiger partial charge in [0.15, 0.2) is 0 Å². The second-order valence-corrected chi connectivity index (χ2v) is 10.1. The highest BCUT2D eigenvalue weighted by atomic mass is 16.5. The number of fused-ring (bicyclic) bond motifs is 4. The Morgan fingerprint density at radius 2 is 1.74 bits per heavy atom. The minimum Gasteiger partial charge on any atom is -0.507 e. The van der Waals surface area contributed by atoms with E-state index in [1.165, 1.54) is 12.1 Å². The first-order chi connectivity index (χ1) is 18.3. The van der Waals surface area contributed by atoms with Gasteiger partial charge in [0.25, 0.3) is 0 Å². The predicted molar refractivity (Wildman–Crippen MR) is 140 cm³/mol. The quantitative estimate of drug-likeness (QED) is 0.255. The zero-order valence-electron chi connectivity index (χ0n) is 20.3. The Hall–Kier alpha value is -3.47. The van der Waals surface area contributed by atoms with Gasteiger partial charge in [0, 0.05) is 5.39 Å². The lowest BCUT2D eigenvalue weighted by molar-refractivity contribution is -0.123. The van der Waals surface area contributed by atoms with E-state index in [0.717, 1.165) is 15.8 Å². The highest BCUT2D eigenvalue weighted by Gasteiger charge is 2.58. The molecule has 2 saturated heterocycles. The van der Waals surface area contributed by atoms with Gasteiger partial charge in [-0.25, -0.2) is 0 Å². The minimum absolute atomic E-state index is 0.115. The van der Waals surface area contributed by atoms with Gasteiger partial charge >= 0.3 is 14.2 Å². The normalized spacial score (nSPS) is 25.2. The molecule has 11 heteroatoms. The van der Waals surface area contributed by atoms with Crippen LogP contribution in [0.4, 0.5) is 5.69 Å². The van der Waals surface area contributed by atoms with Gasteiger partial charge in [0.1, 0.15) is 5.75 Å². The summed E-state index contributed by atoms with van der Waals surface area (Å²) >= 11 is 0. The van der Waals surface area contributed by atoms with Crippen molar-refractivity contribution >= 4 is 48.0 Å². The van der Waals surface area contributed by atoms with E-state index >= 15 is 0 Å². The number of anilines is 1. The van der Waals surface area contributed by atoms with E-state index in [1.807, 2.05) is 18.2 Å². The van der Waals surface area contributed by atoms with Crippen LogP contribution >= 0.6 is 0 Å². The van der Waals surface area contributed by atoms with Crippen molar-refractivity contribution in [2.45, 2.75) is 18.9 Å². The zero-order valence-corrected chi connectivity index (χ0v) is 20.3. The molecule has 5 N–H and O–H groups in total. The number of aromatic hydroxyl groups is 1. The number of phenols is 1. The Balaban J connectivity index is 1.41. The Kier molecular flexibility index (Phi) is 6.13. The summed E-state index contributed by atoms with van der Waals surface area (Å²) in [5, 5.41) is 52.1. The highest BCUT2D eigenvalue weighted by molar-refractivity contribution is 6.58. The van der Waals surface area contributed by atoms with E-state index < -0.39 is 49.9 Å². The number of imide groups is 1. The number of aliphatic hydroxyl groups is 1. The van der Waals surface area contributed by atoms with Crippen LogP contribution in [0.2, 0.25) is 0 Å². The maximum atomic E-state index is 13.8. The van der Waals surface area contributed by atoms with Crippen molar-refractivity contribution < 1.29 is 39.5 Å². The summed E-state index contributed by atoms with van der Waals surface area (Å²) in [6.07, 6.45) is -0.231. The highest BCUT2D eigenvalue weighted by Crippen LogP contribution is 2.52. The van der Waals surface area contributed by atoms with Gasteiger partial charge in [0.05, 0.1) is 30.2 Å². The van der Waals surface area contributed by atoms with Crippen LogP contribution < -0.4 is 10.4 Å². The van der Waals surface area contributed by atoms with Gasteiger partial charge in [-0.3, -0.25) is 14.5 Å². The van der Waals surface area contributed by atoms with Crippen molar-refractivity contribution in [3.8, 4) is 5.75 Å². The number of aliphatic hydroxyl groups excluding tert-OH is 1. The van der Waals surface area contributed by atoms with Crippen molar-refractivity contribution in [1.29, 1.82) is 0 Å². The number of phenolic OH excluding ortho intramolecular Hbond substituents is 1. The first-order valence-corrected chi connectivity index (χ1v) is 12.5. The van der Waals surface area contributed by atoms with Crippen molar-refractivity contribution in [1.82, 2.24) is 0 Å². The molecule has 192 valence electrons. The van der Waals surface area contributed by atoms with E-state index in [1.54, 1.807) is 30.3 Å². The Morgan fingerprint density at radius 3 is 2.47 bits per heavy atom. The molecule has 0 radical (unpaired) electrons. The largest absolute Gasteiger partial charge is 0.507 e. The first kappa shape index (κ1) is 24.8. The third-order valence-electron chi connectivity index (χ3n) is 8.11. The van der Waals surface area contributed by atoms with Gasteiger partial charge in [-0.05, 0) is 64.4 Å². The van der Waals surface area contributed by atoms with Gasteiger partial charge in [-0.15, -0.1) is 0 Å². The van der Waals surface area contributed by atoms with Crippen LogP contribution in [0.25, 0.3) is 10.8 Å². The molecule has 2 amide bonds. The fourth-order valence-corrected chi connectivity index (χ4v) is 6.42. The van der Waals surface area contributed by atoms with Gasteiger partial charge < -0.3 is 29.9 Å². The number of rotatable bonds is 4. The zero-order chi connectivity index (χ0) is 26.7. The molecule has 3 aromatic carbocycles. The van der Waals surface area contributed by atoms with Crippen LogP contribution in [-0.4, -0.2) is 57.9 Å². The summed E-state index contributed by atoms with van der Waals surface area (Å²) in [6, 6.07) is 16.6. The summed E-state index contributed by atoms with van der Waals surface area (Å²) < 4.78 is 6.03. The van der Waals surface area contributed by atoms with E-state index in [4.69, 9.17) is 4.65 Å². The van der Waals surface area contributed by atoms with E-state index in [-0.39, 0.29) is 36.3 Å². The molecule has 9 nitrogen and oxygen atoms in total. The van der Waals surface area contributed by atoms with Crippen molar-refractivity contribution in [2.75, 3.05) is 11.5 Å². The topological polar surface area (TPSA) is 148 Å². The van der Waals surface area contributed by atoms with Crippen LogP contribution in [0.3, 0.4) is 0 Å². The van der Waals surface area contributed by atoms with Gasteiger partial charge in [-0.2, -0.15) is 0 Å². The lowest BCUT2D eigenvalue weighted by Crippen LogP contribution is -2.45. The molecular weight excluding hydrogens is 488 g/mol. The molecule has 6 rings (SSSR count). The molecule has 3 aliphatic rings. The van der Waals surface area contributed by atoms with Gasteiger partial charge in [-0.1, -0.05) is 42.5 Å². The van der Waals surface area contributed by atoms with E-state index in [9.17, 15) is 34.9 Å². The third kappa shape index (κ3) is 3.78. The average Bonchev–Trinajstić information content (AvgIpc) is 3.17. The number of amides is 2. The van der Waals surface area contributed by atoms with Crippen LogP contribution in [0, 0.1) is 17.8 Å². The summed E-state index contributed by atoms with van der Waals surface area (Å²) in [5.41, 5.74) is 2.05. The maximum Gasteiger partial charge on any atom is 0.488 e. The van der Waals surface area contributed by atoms with Crippen LogP contribution in [0.5, 0.6) is 5.75 Å². The molecule has 38 heavy (non-hydrogen) atoms. The molecule has 0 aromatic heterocycles. The monoisotopic (exact) mass is 513 g/mol. The lowest BCUT2D eigenvalue weighted by atomic mass is 9.55. The number of hydrogen-bond acceptors (Lipinski definition) is 8. The first-order valence-electron chi connectivity index (χ1n) is 12.5. The number of carbonyl (C=O) groups is 2. The fraction of sp³-hybridized carbons (Fsp3) is 0.259. The Morgan fingerprint density at radius 1 is 0.974 bits per heavy atom. The molecule has 0 bridgehead atoms. The molecule has 2 heterocycles. The molecule has 2 aliphatic heterocycles. The van der Waals surface area contributed by atoms with E-state index in [2.05, 4.69) is 0 Å². The Bertz CT molecular complexity index is 1490. The summed E-state index contributed by atoms with van der Waals surface area (Å²) in [7, 11) is -3.13. The smallest absolute Gasteiger partial charge is 0.488 e. The molecule has 4 atom stereocenters. The number of benzene rings is 3. The van der Waals surface area contributed by atoms with Crippen molar-refractivity contribution in [3.05, 3.63) is 77.3 Å². The van der Waals surface area contributed by atoms with Crippen molar-refractivity contribution in [3.63, 3.8) is 0 Å². The predicted octanol–water partition coefficient (Wildman–Crippen LogP) is 0.821. The summed E-state index contributed by atoms with van der Waals surface area (Å²) in [5.74, 6) is -2.83. The molecular formula is C27H25B2NO8. The number of nitrogens with zero attached hydrogens (tertiary/aromatic N) is 1. The van der Waals surface area contributed by atoms with Crippen LogP contribution in [-0.2, 0) is 14.2 Å². The average molecular weight is 513 g/mol. The number of allylic oxidation sites excluding steroid dienone is 1. The Labute approximate surface area is 218 Å². The van der Waals surface area contributed by atoms with E-state index in [0.29, 0.717) is 16.4 Å². The van der Waals surface area contributed by atoms with Crippen LogP contribution in [0.1, 0.15) is 24.5 Å². The molecule has 3 aromatic rings. The molecule has 2 fully saturated rings. The minimum atomic E-state index is -1.76. The fourth-order valence-electron chi connectivity index (χ4n) is 6.42. The molecule has 0 unspecified atom stereocenters. The maximum absolute atomic E-state index is 13.8. The molecule has 0 saturated carbocycles. The number of hydrogen-bond donors (Lipinski definition) is 5. The summed E-state index contributed by atoms with van der Waals surface area (Å²) in [6.45, 7) is -0.379. The molecule has 0 spiro atoms.